The first-order valence-corrected chi connectivity index (χ1v) is 7.48. The van der Waals surface area contributed by atoms with Crippen molar-refractivity contribution in [2.45, 2.75) is 0 Å². The first kappa shape index (κ1) is 8.32. The van der Waals surface area contributed by atoms with E-state index in [9.17, 15) is 0 Å². The van der Waals surface area contributed by atoms with Gasteiger partial charge in [0.15, 0.2) is 0 Å². The molecule has 6 heteroatoms. The summed E-state index contributed by atoms with van der Waals surface area (Å²) in [5.74, 6) is 0. The molecule has 0 saturated carbocycles. The molecule has 0 amide bonds. The summed E-state index contributed by atoms with van der Waals surface area (Å²) in [6.45, 7) is 0. The van der Waals surface area contributed by atoms with E-state index in [1.165, 1.54) is 9.22 Å². The van der Waals surface area contributed by atoms with Crippen molar-refractivity contribution in [3.63, 3.8) is 0 Å². The van der Waals surface area contributed by atoms with E-state index in [0.717, 1.165) is 10.9 Å². The third-order valence-corrected chi connectivity index (χ3v) is 5.47. The predicted octanol–water partition coefficient (Wildman–Crippen LogP) is -0.809. The summed E-state index contributed by atoms with van der Waals surface area (Å²) in [5.41, 5.74) is 1.83. The molecular formula is C6H6N4Se2. The fourth-order valence-corrected chi connectivity index (χ4v) is 4.40. The Kier molecular flexibility index (Phi) is 2.84. The Labute approximate surface area is 82.7 Å². The van der Waals surface area contributed by atoms with Crippen molar-refractivity contribution in [2.24, 2.45) is 20.0 Å². The molecule has 0 bridgehead atoms. The van der Waals surface area contributed by atoms with Crippen LogP contribution in [-0.2, 0) is 0 Å². The Morgan fingerprint density at radius 1 is 0.917 bits per heavy atom. The van der Waals surface area contributed by atoms with Gasteiger partial charge >= 0.3 is 82.7 Å². The fourth-order valence-electron chi connectivity index (χ4n) is 0.758. The van der Waals surface area contributed by atoms with Crippen molar-refractivity contribution in [1.29, 1.82) is 0 Å². The molecule has 0 aliphatic carbocycles. The maximum absolute atomic E-state index is 4.23. The average molecular weight is 292 g/mol. The van der Waals surface area contributed by atoms with E-state index < -0.39 is 0 Å². The topological polar surface area (TPSA) is 49.4 Å². The van der Waals surface area contributed by atoms with Crippen LogP contribution in [0.3, 0.4) is 0 Å². The van der Waals surface area contributed by atoms with E-state index in [4.69, 9.17) is 0 Å². The zero-order valence-electron chi connectivity index (χ0n) is 6.17. The Morgan fingerprint density at radius 2 is 1.42 bits per heavy atom. The van der Waals surface area contributed by atoms with Crippen molar-refractivity contribution in [3.05, 3.63) is 0 Å². The van der Waals surface area contributed by atoms with Gasteiger partial charge in [-0.25, -0.2) is 0 Å². The van der Waals surface area contributed by atoms with Crippen LogP contribution in [-0.4, -0.2) is 62.7 Å². The first-order chi connectivity index (χ1) is 5.97. The SMILES string of the molecule is C1=NC[Se]C(C2=NC=NC[Se]2)=N1. The van der Waals surface area contributed by atoms with Crippen molar-refractivity contribution in [1.82, 2.24) is 0 Å². The summed E-state index contributed by atoms with van der Waals surface area (Å²) in [5, 5.41) is 0. The molecule has 0 spiro atoms. The number of hydrogen-bond acceptors (Lipinski definition) is 4. The van der Waals surface area contributed by atoms with Gasteiger partial charge in [-0.05, 0) is 0 Å². The van der Waals surface area contributed by atoms with E-state index in [1.54, 1.807) is 12.7 Å². The molecule has 0 aromatic rings. The molecule has 0 aromatic carbocycles. The number of nitrogens with zero attached hydrogens (tertiary/aromatic N) is 4. The Balaban J connectivity index is 2.17. The van der Waals surface area contributed by atoms with Gasteiger partial charge in [0.05, 0.1) is 0 Å². The summed E-state index contributed by atoms with van der Waals surface area (Å²) in [7, 11) is 0. The summed E-state index contributed by atoms with van der Waals surface area (Å²) in [6.07, 6.45) is 3.29. The van der Waals surface area contributed by atoms with E-state index in [0.29, 0.717) is 29.9 Å². The molecule has 0 atom stereocenters. The quantitative estimate of drug-likeness (QED) is 0.568. The fraction of sp³-hybridized carbons (Fsp3) is 0.333. The van der Waals surface area contributed by atoms with Crippen LogP contribution in [0.5, 0.6) is 0 Å². The molecule has 0 aromatic heterocycles. The zero-order valence-corrected chi connectivity index (χ0v) is 9.60. The Hall–Kier alpha value is -0.281. The van der Waals surface area contributed by atoms with Gasteiger partial charge in [-0.2, -0.15) is 0 Å². The maximum atomic E-state index is 4.23. The van der Waals surface area contributed by atoms with Gasteiger partial charge < -0.3 is 0 Å². The van der Waals surface area contributed by atoms with Crippen LogP contribution in [0.15, 0.2) is 20.0 Å². The number of aliphatic imine (C=N–C) groups is 4. The molecule has 2 aliphatic heterocycles. The minimum absolute atomic E-state index is 0.403. The Morgan fingerprint density at radius 3 is 1.75 bits per heavy atom. The van der Waals surface area contributed by atoms with Crippen molar-refractivity contribution < 1.29 is 0 Å². The minimum atomic E-state index is 0.403. The molecule has 0 unspecified atom stereocenters. The van der Waals surface area contributed by atoms with Gasteiger partial charge in [0.25, 0.3) is 0 Å². The van der Waals surface area contributed by atoms with Crippen LogP contribution in [0.4, 0.5) is 0 Å². The van der Waals surface area contributed by atoms with Crippen LogP contribution in [0, 0.1) is 0 Å². The van der Waals surface area contributed by atoms with Gasteiger partial charge in [-0.3, -0.25) is 0 Å². The third-order valence-electron chi connectivity index (χ3n) is 1.25. The molecule has 4 nitrogen and oxygen atoms in total. The van der Waals surface area contributed by atoms with Crippen molar-refractivity contribution in [2.75, 3.05) is 10.9 Å². The van der Waals surface area contributed by atoms with E-state index in [-0.39, 0.29) is 0 Å². The Bertz CT molecular complexity index is 262. The first-order valence-electron chi connectivity index (χ1n) is 3.35. The van der Waals surface area contributed by atoms with Gasteiger partial charge in [0, 0.05) is 0 Å². The summed E-state index contributed by atoms with van der Waals surface area (Å²) >= 11 is 0.807. The van der Waals surface area contributed by atoms with Gasteiger partial charge in [-0.15, -0.1) is 0 Å². The number of hydrogen-bond donors (Lipinski definition) is 0. The average Bonchev–Trinajstić information content (AvgIpc) is 2.21. The van der Waals surface area contributed by atoms with Gasteiger partial charge in [-0.1, -0.05) is 0 Å². The molecule has 0 fully saturated rings. The second kappa shape index (κ2) is 4.10. The summed E-state index contributed by atoms with van der Waals surface area (Å²) in [6, 6.07) is 0. The standard InChI is InChI=1S/C6H6N4Se2/c1-7-3-11-5(9-1)6-10-2-8-4-12-6/h1-2H,3-4H2. The molecule has 0 radical (unpaired) electrons. The normalized spacial score (nSPS) is 22.0. The molecule has 2 heterocycles. The molecule has 2 aliphatic rings. The predicted molar refractivity (Wildman–Crippen MR) is 53.1 cm³/mol. The van der Waals surface area contributed by atoms with Crippen molar-refractivity contribution in [3.8, 4) is 0 Å². The van der Waals surface area contributed by atoms with E-state index in [1.807, 2.05) is 0 Å². The van der Waals surface area contributed by atoms with Crippen LogP contribution in [0.25, 0.3) is 0 Å². The van der Waals surface area contributed by atoms with Crippen LogP contribution in [0.2, 0.25) is 0 Å². The van der Waals surface area contributed by atoms with Crippen LogP contribution in [0.1, 0.15) is 0 Å². The molecule has 62 valence electrons. The molecule has 0 saturated heterocycles. The molecular weight excluding hydrogens is 286 g/mol. The summed E-state index contributed by atoms with van der Waals surface area (Å²) in [4.78, 5) is 16.6. The molecule has 12 heavy (non-hydrogen) atoms. The molecule has 2 rings (SSSR count). The zero-order chi connectivity index (χ0) is 8.23. The van der Waals surface area contributed by atoms with Crippen LogP contribution >= 0.6 is 0 Å². The van der Waals surface area contributed by atoms with E-state index in [2.05, 4.69) is 20.0 Å². The van der Waals surface area contributed by atoms with E-state index >= 15 is 0 Å². The van der Waals surface area contributed by atoms with Crippen molar-refractivity contribution >= 4 is 51.8 Å². The second-order valence-corrected chi connectivity index (χ2v) is 5.93. The van der Waals surface area contributed by atoms with Crippen LogP contribution < -0.4 is 0 Å². The second-order valence-electron chi connectivity index (χ2n) is 2.01. The molecule has 0 N–H and O–H groups in total. The number of rotatable bonds is 1. The van der Waals surface area contributed by atoms with Gasteiger partial charge in [0.2, 0.25) is 0 Å². The summed E-state index contributed by atoms with van der Waals surface area (Å²) < 4.78 is 2.34. The third kappa shape index (κ3) is 1.90. The van der Waals surface area contributed by atoms with Gasteiger partial charge in [0.1, 0.15) is 0 Å². The monoisotopic (exact) mass is 294 g/mol.